The minimum atomic E-state index is -3.49. The van der Waals surface area contributed by atoms with E-state index < -0.39 is 10.0 Å². The molecule has 6 nitrogen and oxygen atoms in total. The van der Waals surface area contributed by atoms with Crippen LogP contribution >= 0.6 is 0 Å². The smallest absolute Gasteiger partial charge is 0.244 e. The lowest BCUT2D eigenvalue weighted by atomic mass is 9.92. The largest absolute Gasteiger partial charge is 0.379 e. The Kier molecular flexibility index (Phi) is 5.55. The number of hydrogen-bond donors (Lipinski definition) is 0. The first-order valence-corrected chi connectivity index (χ1v) is 8.92. The van der Waals surface area contributed by atoms with Crippen LogP contribution in [0, 0.1) is 5.41 Å². The first kappa shape index (κ1) is 17.3. The molecule has 0 bridgehead atoms. The predicted octanol–water partition coefficient (Wildman–Crippen LogP) is 1.06. The van der Waals surface area contributed by atoms with E-state index in [1.807, 2.05) is 0 Å². The number of ether oxygens (including phenoxy) is 1. The first-order chi connectivity index (χ1) is 10.3. The van der Waals surface area contributed by atoms with E-state index in [-0.39, 0.29) is 10.3 Å². The molecule has 0 amide bonds. The summed E-state index contributed by atoms with van der Waals surface area (Å²) in [4.78, 5) is 6.46. The zero-order valence-electron chi connectivity index (χ0n) is 13.5. The molecule has 2 rings (SSSR count). The molecule has 22 heavy (non-hydrogen) atoms. The second-order valence-electron chi connectivity index (χ2n) is 6.50. The Morgan fingerprint density at radius 2 is 2.05 bits per heavy atom. The molecule has 1 aliphatic rings. The van der Waals surface area contributed by atoms with E-state index in [0.717, 1.165) is 32.8 Å². The average molecular weight is 327 g/mol. The average Bonchev–Trinajstić information content (AvgIpc) is 2.48. The van der Waals surface area contributed by atoms with Crippen LogP contribution in [0.2, 0.25) is 0 Å². The number of morpholine rings is 1. The highest BCUT2D eigenvalue weighted by Crippen LogP contribution is 2.22. The lowest BCUT2D eigenvalue weighted by molar-refractivity contribution is 0.0193. The normalized spacial score (nSPS) is 17.8. The number of nitrogens with zero attached hydrogens (tertiary/aromatic N) is 3. The highest BCUT2D eigenvalue weighted by atomic mass is 32.2. The molecular weight excluding hydrogens is 302 g/mol. The van der Waals surface area contributed by atoms with Crippen LogP contribution < -0.4 is 0 Å². The second kappa shape index (κ2) is 7.04. The second-order valence-corrected chi connectivity index (χ2v) is 8.55. The van der Waals surface area contributed by atoms with Crippen LogP contribution in [0.15, 0.2) is 29.4 Å². The van der Waals surface area contributed by atoms with E-state index >= 15 is 0 Å². The van der Waals surface area contributed by atoms with Crippen molar-refractivity contribution in [3.63, 3.8) is 0 Å². The summed E-state index contributed by atoms with van der Waals surface area (Å²) in [6.45, 7) is 8.81. The molecule has 0 aliphatic carbocycles. The molecule has 0 radical (unpaired) electrons. The number of pyridine rings is 1. The van der Waals surface area contributed by atoms with Crippen LogP contribution in [0.1, 0.15) is 13.8 Å². The zero-order chi connectivity index (χ0) is 16.2. The zero-order valence-corrected chi connectivity index (χ0v) is 14.3. The third-order valence-electron chi connectivity index (χ3n) is 3.75. The van der Waals surface area contributed by atoms with Crippen LogP contribution in [0.4, 0.5) is 0 Å². The quantitative estimate of drug-likeness (QED) is 0.782. The Morgan fingerprint density at radius 3 is 2.64 bits per heavy atom. The Balaban J connectivity index is 2.01. The van der Waals surface area contributed by atoms with Crippen molar-refractivity contribution < 1.29 is 13.2 Å². The van der Waals surface area contributed by atoms with E-state index in [1.165, 1.54) is 10.5 Å². The summed E-state index contributed by atoms with van der Waals surface area (Å²) in [5.41, 5.74) is -0.138. The molecule has 1 aliphatic heterocycles. The Hall–Kier alpha value is -1.02. The lowest BCUT2D eigenvalue weighted by Gasteiger charge is -2.36. The number of hydrogen-bond acceptors (Lipinski definition) is 5. The van der Waals surface area contributed by atoms with Gasteiger partial charge in [0, 0.05) is 45.6 Å². The molecule has 0 N–H and O–H groups in total. The fraction of sp³-hybridized carbons (Fsp3) is 0.667. The molecule has 0 atom stereocenters. The third kappa shape index (κ3) is 4.49. The van der Waals surface area contributed by atoms with Crippen molar-refractivity contribution >= 4 is 10.0 Å². The summed E-state index contributed by atoms with van der Waals surface area (Å²) >= 11 is 0. The molecule has 0 spiro atoms. The molecular formula is C15H25N3O3S. The molecule has 1 aromatic heterocycles. The molecule has 1 fully saturated rings. The van der Waals surface area contributed by atoms with Gasteiger partial charge >= 0.3 is 0 Å². The third-order valence-corrected chi connectivity index (χ3v) is 5.54. The monoisotopic (exact) mass is 327 g/mol. The van der Waals surface area contributed by atoms with Gasteiger partial charge in [0.05, 0.1) is 13.2 Å². The Labute approximate surface area is 133 Å². The highest BCUT2D eigenvalue weighted by molar-refractivity contribution is 7.89. The van der Waals surface area contributed by atoms with E-state index in [4.69, 9.17) is 4.74 Å². The molecule has 1 saturated heterocycles. The lowest BCUT2D eigenvalue weighted by Crippen LogP contribution is -2.46. The van der Waals surface area contributed by atoms with Crippen LogP contribution in [0.25, 0.3) is 0 Å². The molecule has 2 heterocycles. The van der Waals surface area contributed by atoms with Crippen molar-refractivity contribution in [2.24, 2.45) is 5.41 Å². The van der Waals surface area contributed by atoms with E-state index in [0.29, 0.717) is 6.54 Å². The van der Waals surface area contributed by atoms with Gasteiger partial charge in [0.15, 0.2) is 0 Å². The summed E-state index contributed by atoms with van der Waals surface area (Å²) in [5.74, 6) is 0. The Morgan fingerprint density at radius 1 is 1.36 bits per heavy atom. The summed E-state index contributed by atoms with van der Waals surface area (Å²) in [5, 5.41) is 0. The summed E-state index contributed by atoms with van der Waals surface area (Å²) in [6.07, 6.45) is 2.96. The van der Waals surface area contributed by atoms with Crippen molar-refractivity contribution in [2.45, 2.75) is 18.7 Å². The summed E-state index contributed by atoms with van der Waals surface area (Å²) in [7, 11) is -1.86. The van der Waals surface area contributed by atoms with Gasteiger partial charge in [-0.3, -0.25) is 9.88 Å². The molecule has 124 valence electrons. The Bertz CT molecular complexity index is 569. The van der Waals surface area contributed by atoms with Crippen molar-refractivity contribution in [3.05, 3.63) is 24.5 Å². The van der Waals surface area contributed by atoms with E-state index in [1.54, 1.807) is 25.4 Å². The highest BCUT2D eigenvalue weighted by Gasteiger charge is 2.30. The van der Waals surface area contributed by atoms with Crippen molar-refractivity contribution in [1.29, 1.82) is 0 Å². The standard InChI is InChI=1S/C15H25N3O3S/c1-15(2,13-18-7-9-21-10-8-18)12-17(3)22(19,20)14-5-4-6-16-11-14/h4-6,11H,7-10,12-13H2,1-3H3. The maximum atomic E-state index is 12.6. The van der Waals surface area contributed by atoms with Gasteiger partial charge in [0.25, 0.3) is 0 Å². The van der Waals surface area contributed by atoms with Gasteiger partial charge in [-0.15, -0.1) is 0 Å². The fourth-order valence-electron chi connectivity index (χ4n) is 2.78. The summed E-state index contributed by atoms with van der Waals surface area (Å²) in [6, 6.07) is 3.22. The van der Waals surface area contributed by atoms with Crippen LogP contribution in [-0.2, 0) is 14.8 Å². The SMILES string of the molecule is CN(CC(C)(C)CN1CCOCC1)S(=O)(=O)c1cccnc1. The first-order valence-electron chi connectivity index (χ1n) is 7.48. The van der Waals surface area contributed by atoms with Gasteiger partial charge in [-0.25, -0.2) is 12.7 Å². The molecule has 0 unspecified atom stereocenters. The van der Waals surface area contributed by atoms with E-state index in [9.17, 15) is 8.42 Å². The van der Waals surface area contributed by atoms with Gasteiger partial charge in [-0.2, -0.15) is 0 Å². The maximum absolute atomic E-state index is 12.6. The van der Waals surface area contributed by atoms with Gasteiger partial charge in [-0.05, 0) is 17.5 Å². The van der Waals surface area contributed by atoms with Gasteiger partial charge in [0.2, 0.25) is 10.0 Å². The van der Waals surface area contributed by atoms with Crippen LogP contribution in [0.5, 0.6) is 0 Å². The number of aromatic nitrogens is 1. The minimum absolute atomic E-state index is 0.138. The van der Waals surface area contributed by atoms with Crippen LogP contribution in [0.3, 0.4) is 0 Å². The predicted molar refractivity (Wildman–Crippen MR) is 85.1 cm³/mol. The minimum Gasteiger partial charge on any atom is -0.379 e. The van der Waals surface area contributed by atoms with Gasteiger partial charge in [-0.1, -0.05) is 13.8 Å². The fourth-order valence-corrected chi connectivity index (χ4v) is 4.11. The molecule has 0 aromatic carbocycles. The number of rotatable bonds is 6. The maximum Gasteiger partial charge on any atom is 0.244 e. The van der Waals surface area contributed by atoms with Crippen LogP contribution in [-0.4, -0.2) is 69.0 Å². The van der Waals surface area contributed by atoms with Crippen molar-refractivity contribution in [2.75, 3.05) is 46.4 Å². The van der Waals surface area contributed by atoms with Gasteiger partial charge < -0.3 is 4.74 Å². The van der Waals surface area contributed by atoms with Crippen molar-refractivity contribution in [1.82, 2.24) is 14.2 Å². The summed E-state index contributed by atoms with van der Waals surface area (Å²) < 4.78 is 31.9. The van der Waals surface area contributed by atoms with E-state index in [2.05, 4.69) is 23.7 Å². The molecule has 7 heteroatoms. The molecule has 0 saturated carbocycles. The molecule has 1 aromatic rings. The number of sulfonamides is 1. The van der Waals surface area contributed by atoms with Gasteiger partial charge in [0.1, 0.15) is 4.90 Å². The topological polar surface area (TPSA) is 62.7 Å². The van der Waals surface area contributed by atoms with Crippen molar-refractivity contribution in [3.8, 4) is 0 Å².